The van der Waals surface area contributed by atoms with Gasteiger partial charge in [-0.3, -0.25) is 0 Å². The summed E-state index contributed by atoms with van der Waals surface area (Å²) >= 11 is 0. The van der Waals surface area contributed by atoms with Crippen LogP contribution in [0.1, 0.15) is 44.4 Å². The number of quaternary nitrogens is 1. The zero-order valence-electron chi connectivity index (χ0n) is 17.2. The van der Waals surface area contributed by atoms with Crippen LogP contribution in [-0.2, 0) is 4.79 Å². The number of benzene rings is 2. The Morgan fingerprint density at radius 2 is 1.83 bits per heavy atom. The Hall–Kier alpha value is -3.17. The van der Waals surface area contributed by atoms with Crippen LogP contribution >= 0.6 is 0 Å². The number of carbonyl (C=O) groups excluding carboxylic acids is 2. The molecule has 2 aromatic rings. The smallest absolute Gasteiger partial charge is 0.315 e. The van der Waals surface area contributed by atoms with Gasteiger partial charge < -0.3 is 14.8 Å². The highest BCUT2D eigenvalue weighted by molar-refractivity contribution is 5.89. The molecule has 3 atom stereocenters. The van der Waals surface area contributed by atoms with Crippen molar-refractivity contribution in [1.29, 1.82) is 5.26 Å². The number of fused-ring (bicyclic) bond motifs is 1. The van der Waals surface area contributed by atoms with E-state index < -0.39 is 6.09 Å². The molecule has 3 rings (SSSR count). The number of nitrogens with zero attached hydrogens (tertiary/aromatic N) is 3. The first-order valence-corrected chi connectivity index (χ1v) is 9.74. The minimum Gasteiger partial charge on any atom is -0.530 e. The zero-order valence-corrected chi connectivity index (χ0v) is 17.2. The second kappa shape index (κ2) is 7.69. The summed E-state index contributed by atoms with van der Waals surface area (Å²) in [7, 11) is 1.89. The predicted octanol–water partition coefficient (Wildman–Crippen LogP) is 3.21. The molecule has 1 aliphatic heterocycles. The average molecular weight is 391 g/mol. The molecule has 29 heavy (non-hydrogen) atoms. The summed E-state index contributed by atoms with van der Waals surface area (Å²) in [6.45, 7) is 5.66. The van der Waals surface area contributed by atoms with E-state index in [1.165, 1.54) is 4.90 Å². The van der Waals surface area contributed by atoms with Gasteiger partial charge in [0.05, 0.1) is 37.7 Å². The van der Waals surface area contributed by atoms with E-state index >= 15 is 0 Å². The lowest BCUT2D eigenvalue weighted by Gasteiger charge is -2.47. The molecule has 6 nitrogen and oxygen atoms in total. The Morgan fingerprint density at radius 3 is 2.34 bits per heavy atom. The van der Waals surface area contributed by atoms with Gasteiger partial charge in [0.25, 0.3) is 0 Å². The number of hydrogen-bond acceptors (Lipinski definition) is 4. The fourth-order valence-corrected chi connectivity index (χ4v) is 4.31. The number of rotatable bonds is 3. The highest BCUT2D eigenvalue weighted by Gasteiger charge is 2.47. The molecular formula is C23H25N3O3. The minimum atomic E-state index is -1.21. The number of hydrogen-bond donors (Lipinski definition) is 0. The number of carboxylic acid groups (broad SMARTS) is 1. The van der Waals surface area contributed by atoms with Crippen LogP contribution in [0.4, 0.5) is 10.5 Å². The Bertz CT molecular complexity index is 993. The third-order valence-electron chi connectivity index (χ3n) is 6.29. The van der Waals surface area contributed by atoms with Gasteiger partial charge in [0, 0.05) is 24.6 Å². The van der Waals surface area contributed by atoms with Crippen molar-refractivity contribution in [3.8, 4) is 17.2 Å². The topological polar surface area (TPSA) is 84.2 Å². The molecule has 0 radical (unpaired) electrons. The zero-order chi connectivity index (χ0) is 21.3. The Morgan fingerprint density at radius 1 is 1.21 bits per heavy atom. The molecule has 6 heteroatoms. The van der Waals surface area contributed by atoms with E-state index in [1.54, 1.807) is 26.0 Å². The summed E-state index contributed by atoms with van der Waals surface area (Å²) in [5, 5.41) is 20.8. The van der Waals surface area contributed by atoms with E-state index in [4.69, 9.17) is 5.26 Å². The Kier molecular flexibility index (Phi) is 5.45. The molecule has 0 aromatic heterocycles. The van der Waals surface area contributed by atoms with Gasteiger partial charge in [-0.2, -0.15) is 5.26 Å². The highest BCUT2D eigenvalue weighted by atomic mass is 16.4. The van der Waals surface area contributed by atoms with Crippen molar-refractivity contribution in [3.05, 3.63) is 53.6 Å². The number of nitriles is 1. The predicted molar refractivity (Wildman–Crippen MR) is 110 cm³/mol. The molecule has 0 bridgehead atoms. The Labute approximate surface area is 171 Å². The minimum absolute atomic E-state index is 0.0137. The van der Waals surface area contributed by atoms with Crippen molar-refractivity contribution < 1.29 is 14.7 Å². The monoisotopic (exact) mass is 391 g/mol. The lowest BCUT2D eigenvalue weighted by molar-refractivity contribution is -0.268. The lowest BCUT2D eigenvalue weighted by atomic mass is 9.86. The van der Waals surface area contributed by atoms with Crippen LogP contribution in [-0.4, -0.2) is 36.5 Å². The second-order valence-electron chi connectivity index (χ2n) is 7.71. The van der Waals surface area contributed by atoms with Gasteiger partial charge >= 0.3 is 5.91 Å². The largest absolute Gasteiger partial charge is 0.530 e. The first kappa shape index (κ1) is 20.6. The fourth-order valence-electron chi connectivity index (χ4n) is 4.31. The number of carbonyl (C=O) groups is 2. The first-order valence-electron chi connectivity index (χ1n) is 9.74. The quantitative estimate of drug-likeness (QED) is 0.752. The summed E-state index contributed by atoms with van der Waals surface area (Å²) < 4.78 is 0.129. The lowest BCUT2D eigenvalue weighted by Crippen LogP contribution is -2.60. The van der Waals surface area contributed by atoms with E-state index in [1.807, 2.05) is 44.3 Å². The maximum Gasteiger partial charge on any atom is 0.315 e. The standard InChI is InChI=1S/C23H25N3O3/c1-5-25(23(28)29)21-12-15(2)26(4,16(3)27)22-11-10-19(13-20(21)22)18-8-6-17(14-24)7-9-18/h6-11,13,15,21H,5,12H2,1-4H3/t15-,21+,26?/m0/s1. The molecule has 0 spiro atoms. The third-order valence-corrected chi connectivity index (χ3v) is 6.29. The van der Waals surface area contributed by atoms with Crippen molar-refractivity contribution in [2.24, 2.45) is 0 Å². The molecule has 2 aromatic carbocycles. The molecule has 0 saturated carbocycles. The van der Waals surface area contributed by atoms with Gasteiger partial charge in [-0.05, 0) is 49.2 Å². The first-order chi connectivity index (χ1) is 13.7. The van der Waals surface area contributed by atoms with Crippen molar-refractivity contribution in [2.75, 3.05) is 13.6 Å². The van der Waals surface area contributed by atoms with Gasteiger partial charge in [0.15, 0.2) is 0 Å². The van der Waals surface area contributed by atoms with Crippen LogP contribution in [0.15, 0.2) is 42.5 Å². The van der Waals surface area contributed by atoms with Gasteiger partial charge in [0.1, 0.15) is 11.8 Å². The maximum absolute atomic E-state index is 12.6. The van der Waals surface area contributed by atoms with Crippen LogP contribution in [0.25, 0.3) is 11.1 Å². The van der Waals surface area contributed by atoms with E-state index in [0.29, 0.717) is 18.5 Å². The average Bonchev–Trinajstić information content (AvgIpc) is 2.71. The van der Waals surface area contributed by atoms with E-state index in [9.17, 15) is 14.7 Å². The van der Waals surface area contributed by atoms with Gasteiger partial charge in [-0.25, -0.2) is 9.28 Å². The van der Waals surface area contributed by atoms with Crippen LogP contribution in [0.2, 0.25) is 0 Å². The molecule has 0 aliphatic carbocycles. The summed E-state index contributed by atoms with van der Waals surface area (Å²) in [6.07, 6.45) is -0.680. The van der Waals surface area contributed by atoms with Crippen LogP contribution in [0, 0.1) is 11.3 Å². The number of amides is 2. The maximum atomic E-state index is 12.6. The van der Waals surface area contributed by atoms with Crippen molar-refractivity contribution in [3.63, 3.8) is 0 Å². The molecule has 1 aliphatic rings. The molecule has 0 saturated heterocycles. The normalized spacial score (nSPS) is 23.0. The molecule has 150 valence electrons. The molecule has 1 heterocycles. The summed E-state index contributed by atoms with van der Waals surface area (Å²) in [5.74, 6) is 0.0137. The Balaban J connectivity index is 2.20. The molecule has 1 unspecified atom stereocenters. The fraction of sp³-hybridized carbons (Fsp3) is 0.348. The van der Waals surface area contributed by atoms with E-state index in [-0.39, 0.29) is 22.5 Å². The van der Waals surface area contributed by atoms with Crippen molar-refractivity contribution in [2.45, 2.75) is 39.3 Å². The van der Waals surface area contributed by atoms with Crippen LogP contribution < -0.4 is 9.59 Å². The second-order valence-corrected chi connectivity index (χ2v) is 7.71. The van der Waals surface area contributed by atoms with Gasteiger partial charge in [0.2, 0.25) is 0 Å². The summed E-state index contributed by atoms with van der Waals surface area (Å²) in [6, 6.07) is 14.8. The highest BCUT2D eigenvalue weighted by Crippen LogP contribution is 2.45. The van der Waals surface area contributed by atoms with Crippen molar-refractivity contribution in [1.82, 2.24) is 9.38 Å². The van der Waals surface area contributed by atoms with Crippen molar-refractivity contribution >= 4 is 17.7 Å². The van der Waals surface area contributed by atoms with Gasteiger partial charge in [-0.1, -0.05) is 12.1 Å². The SMILES string of the molecule is CCN(C(=O)[O-])[C@@H]1C[C@H](C)[N+](C)(C(C)=O)c2ccc(-c3ccc(C#N)cc3)cc21. The molecule has 0 N–H and O–H groups in total. The third kappa shape index (κ3) is 3.39. The molecule has 0 fully saturated rings. The summed E-state index contributed by atoms with van der Waals surface area (Å²) in [5.41, 5.74) is 4.07. The van der Waals surface area contributed by atoms with Gasteiger partial charge in [-0.15, -0.1) is 0 Å². The molecular weight excluding hydrogens is 366 g/mol. The van der Waals surface area contributed by atoms with E-state index in [0.717, 1.165) is 22.4 Å². The van der Waals surface area contributed by atoms with Crippen LogP contribution in [0.3, 0.4) is 0 Å². The van der Waals surface area contributed by atoms with E-state index in [2.05, 4.69) is 6.07 Å². The molecule has 2 amide bonds. The summed E-state index contributed by atoms with van der Waals surface area (Å²) in [4.78, 5) is 25.7. The van der Waals surface area contributed by atoms with Crippen LogP contribution in [0.5, 0.6) is 0 Å².